The van der Waals surface area contributed by atoms with E-state index in [-0.39, 0.29) is 10.8 Å². The molecule has 0 aliphatic rings. The summed E-state index contributed by atoms with van der Waals surface area (Å²) in [6.07, 6.45) is 0.628. The zero-order valence-corrected chi connectivity index (χ0v) is 17.7. The number of amides is 1. The summed E-state index contributed by atoms with van der Waals surface area (Å²) < 4.78 is 33.1. The van der Waals surface area contributed by atoms with Gasteiger partial charge in [0.05, 0.1) is 17.7 Å². The maximum Gasteiger partial charge on any atom is 0.261 e. The van der Waals surface area contributed by atoms with Gasteiger partial charge in [-0.25, -0.2) is 8.42 Å². The van der Waals surface area contributed by atoms with Crippen LogP contribution in [0.4, 0.5) is 5.69 Å². The maximum atomic E-state index is 12.6. The number of carbonyl (C=O) groups is 1. The number of methoxy groups -OCH3 is 1. The average Bonchev–Trinajstić information content (AvgIpc) is 2.75. The van der Waals surface area contributed by atoms with E-state index in [1.807, 2.05) is 43.3 Å². The van der Waals surface area contributed by atoms with E-state index in [4.69, 9.17) is 4.74 Å². The number of ether oxygens (including phenoxy) is 1. The summed E-state index contributed by atoms with van der Waals surface area (Å²) in [7, 11) is -2.12. The Labute approximate surface area is 177 Å². The Hall–Kier alpha value is -3.32. The monoisotopic (exact) mass is 424 g/mol. The standard InChI is InChI=1S/C23H24N2O4S/c1-17-7-3-5-9-21(17)25-30(27,28)20-13-11-19(12-14-20)23(26)24-16-15-18-8-4-6-10-22(18)29-2/h3-14,25H,15-16H2,1-2H3,(H,24,26). The number of nitrogens with one attached hydrogen (secondary N) is 2. The van der Waals surface area contributed by atoms with Crippen LogP contribution in [0.15, 0.2) is 77.7 Å². The van der Waals surface area contributed by atoms with Gasteiger partial charge in [-0.1, -0.05) is 36.4 Å². The van der Waals surface area contributed by atoms with Crippen molar-refractivity contribution in [1.29, 1.82) is 0 Å². The summed E-state index contributed by atoms with van der Waals surface area (Å²) in [4.78, 5) is 12.5. The minimum atomic E-state index is -3.73. The van der Waals surface area contributed by atoms with Gasteiger partial charge in [0.1, 0.15) is 5.75 Å². The molecule has 2 N–H and O–H groups in total. The predicted octanol–water partition coefficient (Wildman–Crippen LogP) is 3.78. The lowest BCUT2D eigenvalue weighted by atomic mass is 10.1. The molecule has 0 aliphatic heterocycles. The second-order valence-electron chi connectivity index (χ2n) is 6.76. The third kappa shape index (κ3) is 5.18. The molecule has 7 heteroatoms. The van der Waals surface area contributed by atoms with E-state index in [1.165, 1.54) is 24.3 Å². The van der Waals surface area contributed by atoms with Gasteiger partial charge in [-0.2, -0.15) is 0 Å². The molecule has 3 rings (SSSR count). The molecule has 0 spiro atoms. The molecule has 6 nitrogen and oxygen atoms in total. The molecule has 3 aromatic carbocycles. The Bertz CT molecular complexity index is 1130. The average molecular weight is 425 g/mol. The predicted molar refractivity (Wildman–Crippen MR) is 117 cm³/mol. The third-order valence-electron chi connectivity index (χ3n) is 4.69. The highest BCUT2D eigenvalue weighted by Gasteiger charge is 2.16. The number of para-hydroxylation sites is 2. The molecule has 0 atom stereocenters. The van der Waals surface area contributed by atoms with Gasteiger partial charge in [0.15, 0.2) is 0 Å². The van der Waals surface area contributed by atoms with Crippen LogP contribution >= 0.6 is 0 Å². The fourth-order valence-corrected chi connectivity index (χ4v) is 4.13. The first-order valence-corrected chi connectivity index (χ1v) is 11.0. The van der Waals surface area contributed by atoms with Crippen molar-refractivity contribution in [3.8, 4) is 5.75 Å². The molecule has 0 bridgehead atoms. The lowest BCUT2D eigenvalue weighted by Gasteiger charge is -2.11. The molecule has 156 valence electrons. The van der Waals surface area contributed by atoms with Crippen molar-refractivity contribution in [2.24, 2.45) is 0 Å². The van der Waals surface area contributed by atoms with Crippen molar-refractivity contribution in [2.45, 2.75) is 18.2 Å². The highest BCUT2D eigenvalue weighted by molar-refractivity contribution is 7.92. The fraction of sp³-hybridized carbons (Fsp3) is 0.174. The molecule has 1 amide bonds. The van der Waals surface area contributed by atoms with Crippen LogP contribution < -0.4 is 14.8 Å². The van der Waals surface area contributed by atoms with Gasteiger partial charge in [-0.3, -0.25) is 9.52 Å². The molecule has 3 aromatic rings. The van der Waals surface area contributed by atoms with Crippen LogP contribution in [0.25, 0.3) is 0 Å². The van der Waals surface area contributed by atoms with Crippen molar-refractivity contribution in [1.82, 2.24) is 5.32 Å². The van der Waals surface area contributed by atoms with Crippen molar-refractivity contribution in [3.63, 3.8) is 0 Å². The SMILES string of the molecule is COc1ccccc1CCNC(=O)c1ccc(S(=O)(=O)Nc2ccccc2C)cc1. The first-order valence-electron chi connectivity index (χ1n) is 9.49. The van der Waals surface area contributed by atoms with Gasteiger partial charge in [-0.05, 0) is 60.9 Å². The second-order valence-corrected chi connectivity index (χ2v) is 8.44. The van der Waals surface area contributed by atoms with Crippen LogP contribution in [-0.2, 0) is 16.4 Å². The molecule has 0 heterocycles. The van der Waals surface area contributed by atoms with E-state index in [1.54, 1.807) is 19.2 Å². The van der Waals surface area contributed by atoms with Gasteiger partial charge in [0.2, 0.25) is 0 Å². The molecule has 0 fully saturated rings. The lowest BCUT2D eigenvalue weighted by Crippen LogP contribution is -2.25. The Kier molecular flexibility index (Phi) is 6.74. The molecule has 30 heavy (non-hydrogen) atoms. The Morgan fingerprint density at radius 1 is 0.933 bits per heavy atom. The zero-order chi connectivity index (χ0) is 21.6. The molecular formula is C23H24N2O4S. The highest BCUT2D eigenvalue weighted by atomic mass is 32.2. The van der Waals surface area contributed by atoms with E-state index >= 15 is 0 Å². The van der Waals surface area contributed by atoms with Gasteiger partial charge in [0, 0.05) is 12.1 Å². The molecular weight excluding hydrogens is 400 g/mol. The van der Waals surface area contributed by atoms with Gasteiger partial charge in [0.25, 0.3) is 15.9 Å². The van der Waals surface area contributed by atoms with E-state index < -0.39 is 10.0 Å². The molecule has 0 saturated heterocycles. The minimum absolute atomic E-state index is 0.0938. The molecule has 0 aromatic heterocycles. The number of benzene rings is 3. The number of hydrogen-bond donors (Lipinski definition) is 2. The largest absolute Gasteiger partial charge is 0.496 e. The minimum Gasteiger partial charge on any atom is -0.496 e. The molecule has 0 radical (unpaired) electrons. The number of anilines is 1. The van der Waals surface area contributed by atoms with Gasteiger partial charge in [-0.15, -0.1) is 0 Å². The maximum absolute atomic E-state index is 12.6. The smallest absolute Gasteiger partial charge is 0.261 e. The summed E-state index contributed by atoms with van der Waals surface area (Å²) in [6, 6.07) is 20.6. The Morgan fingerprint density at radius 2 is 1.60 bits per heavy atom. The van der Waals surface area contributed by atoms with Crippen molar-refractivity contribution >= 4 is 21.6 Å². The number of carbonyl (C=O) groups excluding carboxylic acids is 1. The van der Waals surface area contributed by atoms with Crippen LogP contribution in [0.3, 0.4) is 0 Å². The van der Waals surface area contributed by atoms with Crippen molar-refractivity contribution in [3.05, 3.63) is 89.5 Å². The molecule has 0 saturated carbocycles. The van der Waals surface area contributed by atoms with Crippen LogP contribution in [-0.4, -0.2) is 28.0 Å². The highest BCUT2D eigenvalue weighted by Crippen LogP contribution is 2.20. The number of rotatable bonds is 8. The summed E-state index contributed by atoms with van der Waals surface area (Å²) in [5.74, 6) is 0.517. The zero-order valence-electron chi connectivity index (χ0n) is 16.9. The normalized spacial score (nSPS) is 11.0. The summed E-state index contributed by atoms with van der Waals surface area (Å²) in [6.45, 7) is 2.27. The fourth-order valence-electron chi connectivity index (χ4n) is 3.00. The summed E-state index contributed by atoms with van der Waals surface area (Å²) in [5.41, 5.74) is 2.75. The van der Waals surface area contributed by atoms with Crippen molar-refractivity contribution < 1.29 is 17.9 Å². The molecule has 0 unspecified atom stereocenters. The number of aryl methyl sites for hydroxylation is 1. The number of sulfonamides is 1. The second kappa shape index (κ2) is 9.45. The van der Waals surface area contributed by atoms with Gasteiger partial charge >= 0.3 is 0 Å². The Morgan fingerprint density at radius 3 is 2.30 bits per heavy atom. The lowest BCUT2D eigenvalue weighted by molar-refractivity contribution is 0.0954. The van der Waals surface area contributed by atoms with Gasteiger partial charge < -0.3 is 10.1 Å². The molecule has 0 aliphatic carbocycles. The van der Waals surface area contributed by atoms with E-state index in [0.29, 0.717) is 24.2 Å². The van der Waals surface area contributed by atoms with Crippen LogP contribution in [0.1, 0.15) is 21.5 Å². The topological polar surface area (TPSA) is 84.5 Å². The van der Waals surface area contributed by atoms with Crippen LogP contribution in [0, 0.1) is 6.92 Å². The van der Waals surface area contributed by atoms with E-state index in [9.17, 15) is 13.2 Å². The van der Waals surface area contributed by atoms with Crippen LogP contribution in [0.5, 0.6) is 5.75 Å². The van der Waals surface area contributed by atoms with Crippen LogP contribution in [0.2, 0.25) is 0 Å². The summed E-state index contributed by atoms with van der Waals surface area (Å²) >= 11 is 0. The third-order valence-corrected chi connectivity index (χ3v) is 6.07. The quantitative estimate of drug-likeness (QED) is 0.576. The van der Waals surface area contributed by atoms with Crippen molar-refractivity contribution in [2.75, 3.05) is 18.4 Å². The summed E-state index contributed by atoms with van der Waals surface area (Å²) in [5, 5.41) is 2.84. The Balaban J connectivity index is 1.62. The first kappa shape index (κ1) is 21.4. The van der Waals surface area contributed by atoms with E-state index in [0.717, 1.165) is 16.9 Å². The first-order chi connectivity index (χ1) is 14.4. The number of hydrogen-bond acceptors (Lipinski definition) is 4. The van der Waals surface area contributed by atoms with E-state index in [2.05, 4.69) is 10.0 Å².